The fourth-order valence-corrected chi connectivity index (χ4v) is 2.98. The van der Waals surface area contributed by atoms with E-state index in [9.17, 15) is 4.79 Å². The number of carbonyl (C=O) groups is 1. The summed E-state index contributed by atoms with van der Waals surface area (Å²) in [5, 5.41) is 15.8. The minimum Gasteiger partial charge on any atom is -0.355 e. The highest BCUT2D eigenvalue weighted by Crippen LogP contribution is 2.15. The number of benzene rings is 1. The highest BCUT2D eigenvalue weighted by Gasteiger charge is 2.11. The summed E-state index contributed by atoms with van der Waals surface area (Å²) < 4.78 is 5.12. The van der Waals surface area contributed by atoms with Gasteiger partial charge < -0.3 is 9.84 Å². The number of thioether (sulfide) groups is 1. The van der Waals surface area contributed by atoms with Crippen LogP contribution in [0.2, 0.25) is 0 Å². The van der Waals surface area contributed by atoms with Crippen molar-refractivity contribution in [3.05, 3.63) is 47.1 Å². The van der Waals surface area contributed by atoms with Gasteiger partial charge in [0.15, 0.2) is 5.82 Å². The highest BCUT2D eigenvalue weighted by molar-refractivity contribution is 7.98. The van der Waals surface area contributed by atoms with Crippen molar-refractivity contribution < 1.29 is 9.32 Å². The van der Waals surface area contributed by atoms with Crippen molar-refractivity contribution in [3.8, 4) is 6.07 Å². The van der Waals surface area contributed by atoms with Gasteiger partial charge in [-0.05, 0) is 11.6 Å². The van der Waals surface area contributed by atoms with E-state index in [-0.39, 0.29) is 11.8 Å². The molecule has 25 heavy (non-hydrogen) atoms. The zero-order chi connectivity index (χ0) is 18.1. The second kappa shape index (κ2) is 9.84. The number of hydrogen-bond acceptors (Lipinski definition) is 6. The largest absolute Gasteiger partial charge is 0.355 e. The molecule has 1 heterocycles. The Labute approximate surface area is 152 Å². The summed E-state index contributed by atoms with van der Waals surface area (Å²) >= 11 is 1.69. The molecule has 0 aliphatic rings. The van der Waals surface area contributed by atoms with Gasteiger partial charge in [-0.25, -0.2) is 0 Å². The SMILES string of the molecule is CC(C)c1noc(CCC(=O)NCCSCc2ccccc2C#N)n1. The fourth-order valence-electron chi connectivity index (χ4n) is 2.11. The summed E-state index contributed by atoms with van der Waals surface area (Å²) in [5.74, 6) is 2.92. The van der Waals surface area contributed by atoms with Crippen LogP contribution in [0.25, 0.3) is 0 Å². The van der Waals surface area contributed by atoms with Crippen molar-refractivity contribution in [1.82, 2.24) is 15.5 Å². The normalized spacial score (nSPS) is 10.6. The van der Waals surface area contributed by atoms with E-state index in [0.717, 1.165) is 17.1 Å². The number of carbonyl (C=O) groups excluding carboxylic acids is 1. The predicted octanol–water partition coefficient (Wildman–Crippen LogP) is 3.05. The molecule has 0 aliphatic carbocycles. The van der Waals surface area contributed by atoms with E-state index in [1.165, 1.54) is 0 Å². The average Bonchev–Trinajstić information content (AvgIpc) is 3.09. The number of hydrogen-bond donors (Lipinski definition) is 1. The number of nitriles is 1. The highest BCUT2D eigenvalue weighted by atomic mass is 32.2. The fraction of sp³-hybridized carbons (Fsp3) is 0.444. The lowest BCUT2D eigenvalue weighted by Crippen LogP contribution is -2.26. The third-order valence-electron chi connectivity index (χ3n) is 3.53. The van der Waals surface area contributed by atoms with Crippen LogP contribution in [0.5, 0.6) is 0 Å². The zero-order valence-electron chi connectivity index (χ0n) is 14.5. The topological polar surface area (TPSA) is 91.8 Å². The molecule has 1 amide bonds. The van der Waals surface area contributed by atoms with Crippen molar-refractivity contribution in [2.75, 3.05) is 12.3 Å². The second-order valence-electron chi connectivity index (χ2n) is 5.87. The van der Waals surface area contributed by atoms with Crippen molar-refractivity contribution in [3.63, 3.8) is 0 Å². The van der Waals surface area contributed by atoms with Crippen LogP contribution in [0, 0.1) is 11.3 Å². The predicted molar refractivity (Wildman–Crippen MR) is 97.0 cm³/mol. The lowest BCUT2D eigenvalue weighted by atomic mass is 10.1. The minimum absolute atomic E-state index is 0.0256. The standard InChI is InChI=1S/C18H22N4O2S/c1-13(2)18-21-17(24-22-18)8-7-16(23)20-9-10-25-12-15-6-4-3-5-14(15)11-19/h3-6,13H,7-10,12H2,1-2H3,(H,20,23). The van der Waals surface area contributed by atoms with Crippen molar-refractivity contribution in [2.45, 2.75) is 38.4 Å². The van der Waals surface area contributed by atoms with Crippen molar-refractivity contribution in [2.24, 2.45) is 0 Å². The molecule has 1 N–H and O–H groups in total. The summed E-state index contributed by atoms with van der Waals surface area (Å²) in [5.41, 5.74) is 1.73. The van der Waals surface area contributed by atoms with Gasteiger partial charge in [-0.1, -0.05) is 37.2 Å². The Morgan fingerprint density at radius 1 is 1.40 bits per heavy atom. The third-order valence-corrected chi connectivity index (χ3v) is 4.54. The molecule has 6 nitrogen and oxygen atoms in total. The van der Waals surface area contributed by atoms with E-state index in [4.69, 9.17) is 9.78 Å². The Balaban J connectivity index is 1.61. The maximum absolute atomic E-state index is 11.8. The van der Waals surface area contributed by atoms with Gasteiger partial charge in [-0.3, -0.25) is 4.79 Å². The molecule has 2 aromatic rings. The summed E-state index contributed by atoms with van der Waals surface area (Å²) in [4.78, 5) is 16.1. The van der Waals surface area contributed by atoms with E-state index < -0.39 is 0 Å². The molecule has 0 saturated carbocycles. The van der Waals surface area contributed by atoms with E-state index in [1.807, 2.05) is 38.1 Å². The maximum atomic E-state index is 11.8. The Morgan fingerprint density at radius 2 is 2.20 bits per heavy atom. The van der Waals surface area contributed by atoms with Gasteiger partial charge in [0.05, 0.1) is 11.6 Å². The maximum Gasteiger partial charge on any atom is 0.227 e. The van der Waals surface area contributed by atoms with E-state index in [0.29, 0.717) is 36.7 Å². The van der Waals surface area contributed by atoms with Crippen LogP contribution < -0.4 is 5.32 Å². The van der Waals surface area contributed by atoms with E-state index >= 15 is 0 Å². The van der Waals surface area contributed by atoms with Crippen molar-refractivity contribution in [1.29, 1.82) is 5.26 Å². The molecular formula is C18H22N4O2S. The first-order valence-corrected chi connectivity index (χ1v) is 9.40. The Hall–Kier alpha value is -2.33. The van der Waals surface area contributed by atoms with Gasteiger partial charge in [0.25, 0.3) is 0 Å². The van der Waals surface area contributed by atoms with Gasteiger partial charge in [-0.2, -0.15) is 22.0 Å². The molecule has 0 fully saturated rings. The first-order chi connectivity index (χ1) is 12.1. The number of aryl methyl sites for hydroxylation is 1. The first-order valence-electron chi connectivity index (χ1n) is 8.25. The van der Waals surface area contributed by atoms with Crippen LogP contribution in [0.15, 0.2) is 28.8 Å². The quantitative estimate of drug-likeness (QED) is 0.693. The second-order valence-corrected chi connectivity index (χ2v) is 6.98. The third kappa shape index (κ3) is 6.24. The molecule has 0 saturated heterocycles. The Bertz CT molecular complexity index is 737. The van der Waals surface area contributed by atoms with E-state index in [1.54, 1.807) is 11.8 Å². The average molecular weight is 358 g/mol. The Morgan fingerprint density at radius 3 is 2.92 bits per heavy atom. The lowest BCUT2D eigenvalue weighted by molar-refractivity contribution is -0.121. The van der Waals surface area contributed by atoms with Crippen LogP contribution in [0.4, 0.5) is 0 Å². The molecule has 0 atom stereocenters. The van der Waals surface area contributed by atoms with Crippen LogP contribution in [-0.2, 0) is 17.0 Å². The molecule has 0 spiro atoms. The lowest BCUT2D eigenvalue weighted by Gasteiger charge is -2.05. The molecular weight excluding hydrogens is 336 g/mol. The molecule has 1 aromatic carbocycles. The summed E-state index contributed by atoms with van der Waals surface area (Å²) in [6.07, 6.45) is 0.788. The van der Waals surface area contributed by atoms with Crippen LogP contribution in [-0.4, -0.2) is 28.3 Å². The minimum atomic E-state index is -0.0256. The molecule has 2 rings (SSSR count). The number of nitrogens with one attached hydrogen (secondary N) is 1. The zero-order valence-corrected chi connectivity index (χ0v) is 15.3. The van der Waals surface area contributed by atoms with Crippen LogP contribution in [0.3, 0.4) is 0 Å². The molecule has 0 unspecified atom stereocenters. The van der Waals surface area contributed by atoms with Gasteiger partial charge in [0.1, 0.15) is 0 Å². The number of amides is 1. The molecule has 1 aromatic heterocycles. The van der Waals surface area contributed by atoms with Gasteiger partial charge >= 0.3 is 0 Å². The smallest absolute Gasteiger partial charge is 0.227 e. The van der Waals surface area contributed by atoms with Gasteiger partial charge in [-0.15, -0.1) is 0 Å². The number of aromatic nitrogens is 2. The monoisotopic (exact) mass is 358 g/mol. The van der Waals surface area contributed by atoms with Gasteiger partial charge in [0, 0.05) is 36.8 Å². The summed E-state index contributed by atoms with van der Waals surface area (Å²) in [6.45, 7) is 4.58. The summed E-state index contributed by atoms with van der Waals surface area (Å²) in [6, 6.07) is 9.76. The molecule has 0 bridgehead atoms. The Kier molecular flexibility index (Phi) is 7.48. The number of nitrogens with zero attached hydrogens (tertiary/aromatic N) is 3. The summed E-state index contributed by atoms with van der Waals surface area (Å²) in [7, 11) is 0. The van der Waals surface area contributed by atoms with Gasteiger partial charge in [0.2, 0.25) is 11.8 Å². The number of rotatable bonds is 9. The van der Waals surface area contributed by atoms with Crippen LogP contribution >= 0.6 is 11.8 Å². The van der Waals surface area contributed by atoms with E-state index in [2.05, 4.69) is 21.5 Å². The first kappa shape index (κ1) is 19.0. The molecule has 7 heteroatoms. The molecule has 132 valence electrons. The molecule has 0 radical (unpaired) electrons. The van der Waals surface area contributed by atoms with Crippen molar-refractivity contribution >= 4 is 17.7 Å². The molecule has 0 aliphatic heterocycles. The van der Waals surface area contributed by atoms with Crippen LogP contribution in [0.1, 0.15) is 49.0 Å².